The van der Waals surface area contributed by atoms with Gasteiger partial charge >= 0.3 is 0 Å². The number of benzene rings is 1. The topological polar surface area (TPSA) is 60.7 Å². The Labute approximate surface area is 131 Å². The molecule has 0 aliphatic heterocycles. The maximum absolute atomic E-state index is 10.5. The van der Waals surface area contributed by atoms with Crippen LogP contribution >= 0.6 is 0 Å². The molecule has 3 rings (SSSR count). The van der Waals surface area contributed by atoms with E-state index in [1.54, 1.807) is 12.1 Å². The largest absolute Gasteiger partial charge is 0.507 e. The Hall–Kier alpha value is -1.74. The molecule has 1 aromatic carbocycles. The lowest BCUT2D eigenvalue weighted by Gasteiger charge is -2.34. The summed E-state index contributed by atoms with van der Waals surface area (Å²) in [4.78, 5) is 0. The first-order valence-corrected chi connectivity index (χ1v) is 7.96. The van der Waals surface area contributed by atoms with Gasteiger partial charge in [0.15, 0.2) is 0 Å². The monoisotopic (exact) mass is 300 g/mol. The van der Waals surface area contributed by atoms with Gasteiger partial charge in [-0.2, -0.15) is 0 Å². The fraction of sp³-hybridized carbons (Fsp3) is 0.474. The SMILES string of the molecule is C=C(C)C1CC(O)C(C)=CC1c1c(O)cc(C2CC2)cc1O. The van der Waals surface area contributed by atoms with E-state index in [1.807, 2.05) is 19.9 Å². The van der Waals surface area contributed by atoms with Gasteiger partial charge in [0.05, 0.1) is 6.10 Å². The number of aromatic hydroxyl groups is 2. The number of aliphatic hydroxyl groups is 1. The van der Waals surface area contributed by atoms with Gasteiger partial charge in [0.1, 0.15) is 11.5 Å². The molecule has 0 saturated heterocycles. The van der Waals surface area contributed by atoms with Crippen LogP contribution in [0.3, 0.4) is 0 Å². The lowest BCUT2D eigenvalue weighted by molar-refractivity contribution is 0.168. The number of phenolic OH excluding ortho intramolecular Hbond substituents is 2. The Balaban J connectivity index is 2.05. The number of aliphatic hydroxyl groups excluding tert-OH is 1. The van der Waals surface area contributed by atoms with E-state index in [-0.39, 0.29) is 23.3 Å². The third-order valence-corrected chi connectivity index (χ3v) is 5.05. The van der Waals surface area contributed by atoms with Crippen molar-refractivity contribution in [2.24, 2.45) is 5.92 Å². The zero-order valence-corrected chi connectivity index (χ0v) is 13.2. The summed E-state index contributed by atoms with van der Waals surface area (Å²) in [6.45, 7) is 7.85. The van der Waals surface area contributed by atoms with Crippen molar-refractivity contribution in [3.8, 4) is 11.5 Å². The van der Waals surface area contributed by atoms with Gasteiger partial charge in [-0.05, 0) is 68.2 Å². The van der Waals surface area contributed by atoms with Crippen molar-refractivity contribution in [2.45, 2.75) is 51.0 Å². The van der Waals surface area contributed by atoms with Crippen LogP contribution in [0.4, 0.5) is 0 Å². The van der Waals surface area contributed by atoms with Crippen molar-refractivity contribution in [3.05, 3.63) is 47.1 Å². The van der Waals surface area contributed by atoms with E-state index in [4.69, 9.17) is 0 Å². The summed E-state index contributed by atoms with van der Waals surface area (Å²) < 4.78 is 0. The lowest BCUT2D eigenvalue weighted by atomic mass is 9.72. The third kappa shape index (κ3) is 2.66. The second-order valence-electron chi connectivity index (χ2n) is 6.89. The second kappa shape index (κ2) is 5.47. The fourth-order valence-corrected chi connectivity index (χ4v) is 3.51. The van der Waals surface area contributed by atoms with Gasteiger partial charge in [0.25, 0.3) is 0 Å². The van der Waals surface area contributed by atoms with Crippen molar-refractivity contribution in [1.29, 1.82) is 0 Å². The number of rotatable bonds is 3. The molecule has 0 spiro atoms. The van der Waals surface area contributed by atoms with Crippen molar-refractivity contribution < 1.29 is 15.3 Å². The minimum absolute atomic E-state index is 0.0160. The van der Waals surface area contributed by atoms with E-state index in [0.29, 0.717) is 17.9 Å². The zero-order chi connectivity index (χ0) is 16.0. The molecular weight excluding hydrogens is 276 g/mol. The predicted octanol–water partition coefficient (Wildman–Crippen LogP) is 3.96. The van der Waals surface area contributed by atoms with Crippen LogP contribution < -0.4 is 0 Å². The van der Waals surface area contributed by atoms with Crippen molar-refractivity contribution >= 4 is 0 Å². The van der Waals surface area contributed by atoms with Crippen LogP contribution in [0.2, 0.25) is 0 Å². The number of phenols is 2. The van der Waals surface area contributed by atoms with Gasteiger partial charge < -0.3 is 15.3 Å². The highest BCUT2D eigenvalue weighted by molar-refractivity contribution is 5.53. The molecular formula is C19H24O3. The van der Waals surface area contributed by atoms with Gasteiger partial charge in [-0.15, -0.1) is 0 Å². The molecule has 3 nitrogen and oxygen atoms in total. The van der Waals surface area contributed by atoms with Gasteiger partial charge in [-0.25, -0.2) is 0 Å². The minimum Gasteiger partial charge on any atom is -0.507 e. The first kappa shape index (κ1) is 15.2. The molecule has 1 fully saturated rings. The first-order chi connectivity index (χ1) is 10.4. The Morgan fingerprint density at radius 1 is 1.18 bits per heavy atom. The highest BCUT2D eigenvalue weighted by atomic mass is 16.3. The quantitative estimate of drug-likeness (QED) is 0.740. The molecule has 3 atom stereocenters. The molecule has 0 aromatic heterocycles. The molecule has 1 saturated carbocycles. The maximum atomic E-state index is 10.5. The van der Waals surface area contributed by atoms with Crippen LogP contribution in [0.25, 0.3) is 0 Å². The van der Waals surface area contributed by atoms with Crippen LogP contribution in [0.1, 0.15) is 56.1 Å². The highest BCUT2D eigenvalue weighted by Crippen LogP contribution is 2.49. The van der Waals surface area contributed by atoms with E-state index in [1.165, 1.54) is 0 Å². The molecule has 3 N–H and O–H groups in total. The van der Waals surface area contributed by atoms with Gasteiger partial charge in [-0.1, -0.05) is 18.2 Å². The molecule has 3 unspecified atom stereocenters. The summed E-state index contributed by atoms with van der Waals surface area (Å²) in [7, 11) is 0. The van der Waals surface area contributed by atoms with Crippen molar-refractivity contribution in [2.75, 3.05) is 0 Å². The Bertz CT molecular complexity index is 617. The number of hydrogen-bond acceptors (Lipinski definition) is 3. The smallest absolute Gasteiger partial charge is 0.123 e. The molecule has 0 bridgehead atoms. The molecule has 118 valence electrons. The van der Waals surface area contributed by atoms with E-state index < -0.39 is 6.10 Å². The van der Waals surface area contributed by atoms with Crippen LogP contribution in [0, 0.1) is 5.92 Å². The van der Waals surface area contributed by atoms with E-state index in [0.717, 1.165) is 29.6 Å². The fourth-order valence-electron chi connectivity index (χ4n) is 3.51. The lowest BCUT2D eigenvalue weighted by Crippen LogP contribution is -2.26. The summed E-state index contributed by atoms with van der Waals surface area (Å²) in [6.07, 6.45) is 4.31. The molecule has 0 amide bonds. The summed E-state index contributed by atoms with van der Waals surface area (Å²) in [5.41, 5.74) is 3.41. The van der Waals surface area contributed by atoms with Crippen molar-refractivity contribution in [1.82, 2.24) is 0 Å². The normalized spacial score (nSPS) is 28.3. The summed E-state index contributed by atoms with van der Waals surface area (Å²) >= 11 is 0. The molecule has 2 aliphatic carbocycles. The molecule has 3 heteroatoms. The molecule has 22 heavy (non-hydrogen) atoms. The van der Waals surface area contributed by atoms with E-state index in [2.05, 4.69) is 6.58 Å². The van der Waals surface area contributed by atoms with Gasteiger partial charge in [0, 0.05) is 11.5 Å². The Kier molecular flexibility index (Phi) is 3.77. The molecule has 0 radical (unpaired) electrons. The Morgan fingerprint density at radius 2 is 1.77 bits per heavy atom. The first-order valence-electron chi connectivity index (χ1n) is 7.96. The minimum atomic E-state index is -0.479. The van der Waals surface area contributed by atoms with E-state index in [9.17, 15) is 15.3 Å². The predicted molar refractivity (Wildman–Crippen MR) is 87.2 cm³/mol. The highest BCUT2D eigenvalue weighted by Gasteiger charge is 2.34. The van der Waals surface area contributed by atoms with Gasteiger partial charge in [0.2, 0.25) is 0 Å². The average molecular weight is 300 g/mol. The summed E-state index contributed by atoms with van der Waals surface area (Å²) in [5, 5.41) is 31.0. The Morgan fingerprint density at radius 3 is 2.27 bits per heavy atom. The zero-order valence-electron chi connectivity index (χ0n) is 13.2. The standard InChI is InChI=1S/C19H24O3/c1-10(2)14-9-16(20)11(3)6-15(14)19-17(21)7-13(8-18(19)22)12-4-5-12/h6-8,12,14-16,20-22H,1,4-5,9H2,2-3H3. The van der Waals surface area contributed by atoms with Crippen LogP contribution in [-0.4, -0.2) is 21.4 Å². The molecule has 2 aliphatic rings. The maximum Gasteiger partial charge on any atom is 0.123 e. The summed E-state index contributed by atoms with van der Waals surface area (Å²) in [6, 6.07) is 3.58. The average Bonchev–Trinajstić information content (AvgIpc) is 3.25. The molecule has 0 heterocycles. The van der Waals surface area contributed by atoms with Crippen LogP contribution in [0.5, 0.6) is 11.5 Å². The molecule has 1 aromatic rings. The van der Waals surface area contributed by atoms with E-state index >= 15 is 0 Å². The summed E-state index contributed by atoms with van der Waals surface area (Å²) in [5.74, 6) is 0.654. The second-order valence-corrected chi connectivity index (χ2v) is 6.89. The third-order valence-electron chi connectivity index (χ3n) is 5.05. The number of hydrogen-bond donors (Lipinski definition) is 3. The number of allylic oxidation sites excluding steroid dienone is 2. The van der Waals surface area contributed by atoms with Crippen LogP contribution in [-0.2, 0) is 0 Å². The van der Waals surface area contributed by atoms with Crippen molar-refractivity contribution in [3.63, 3.8) is 0 Å². The van der Waals surface area contributed by atoms with Crippen LogP contribution in [0.15, 0.2) is 35.9 Å². The van der Waals surface area contributed by atoms with Gasteiger partial charge in [-0.3, -0.25) is 0 Å².